The number of hydrogen-bond donors (Lipinski definition) is 2. The van der Waals surface area contributed by atoms with E-state index in [4.69, 9.17) is 16.3 Å². The van der Waals surface area contributed by atoms with Crippen molar-refractivity contribution in [2.45, 2.75) is 11.3 Å². The zero-order chi connectivity index (χ0) is 22.7. The van der Waals surface area contributed by atoms with Gasteiger partial charge < -0.3 is 10.1 Å². The van der Waals surface area contributed by atoms with Crippen LogP contribution in [0.1, 0.15) is 5.56 Å². The van der Waals surface area contributed by atoms with Gasteiger partial charge >= 0.3 is 6.18 Å². The quantitative estimate of drug-likeness (QED) is 0.252. The molecule has 4 rings (SSSR count). The van der Waals surface area contributed by atoms with E-state index in [1.807, 2.05) is 6.26 Å². The van der Waals surface area contributed by atoms with Gasteiger partial charge in [0, 0.05) is 23.5 Å². The number of thioether (sulfide) groups is 1. The molecule has 2 aromatic heterocycles. The Labute approximate surface area is 189 Å². The number of aromatic nitrogens is 5. The Balaban J connectivity index is 1.47. The average Bonchev–Trinajstić information content (AvgIpc) is 3.23. The maximum Gasteiger partial charge on any atom is 0.417 e. The monoisotopic (exact) mass is 478 g/mol. The highest BCUT2D eigenvalue weighted by Crippen LogP contribution is 2.36. The normalized spacial score (nSPS) is 11.4. The molecule has 12 heteroatoms. The largest absolute Gasteiger partial charge is 0.439 e. The van der Waals surface area contributed by atoms with Crippen molar-refractivity contribution in [1.82, 2.24) is 25.1 Å². The maximum absolute atomic E-state index is 13.0. The number of hydrogen-bond acceptors (Lipinski definition) is 7. The average molecular weight is 479 g/mol. The summed E-state index contributed by atoms with van der Waals surface area (Å²) < 4.78 is 44.8. The number of nitrogens with one attached hydrogen (secondary N) is 2. The van der Waals surface area contributed by atoms with E-state index >= 15 is 0 Å². The molecule has 0 unspecified atom stereocenters. The third-order valence-electron chi connectivity index (χ3n) is 4.15. The van der Waals surface area contributed by atoms with Crippen molar-refractivity contribution in [3.05, 3.63) is 65.3 Å². The molecule has 2 N–H and O–H groups in total. The SMILES string of the molecule is CSc1nccc(Oc2ccc(-c3nc(Nc4ccc(Cl)c(C(F)(F)F)c4)n[nH]3)cc2)n1. The summed E-state index contributed by atoms with van der Waals surface area (Å²) in [6.07, 6.45) is -1.08. The van der Waals surface area contributed by atoms with Gasteiger partial charge in [-0.15, -0.1) is 5.10 Å². The van der Waals surface area contributed by atoms with Gasteiger partial charge in [-0.25, -0.2) is 4.98 Å². The zero-order valence-corrected chi connectivity index (χ0v) is 17.9. The molecule has 4 aromatic rings. The fourth-order valence-corrected chi connectivity index (χ4v) is 3.25. The molecule has 0 spiro atoms. The van der Waals surface area contributed by atoms with Crippen molar-refractivity contribution in [2.75, 3.05) is 11.6 Å². The summed E-state index contributed by atoms with van der Waals surface area (Å²) in [7, 11) is 0. The second kappa shape index (κ2) is 9.05. The molecular weight excluding hydrogens is 465 g/mol. The summed E-state index contributed by atoms with van der Waals surface area (Å²) in [6.45, 7) is 0. The molecule has 2 heterocycles. The van der Waals surface area contributed by atoms with Crippen LogP contribution in [0.15, 0.2) is 59.9 Å². The standard InChI is InChI=1S/C20H14ClF3N6OS/c1-32-19-25-9-8-16(27-19)31-13-5-2-11(3-6-13)17-28-18(30-29-17)26-12-4-7-15(21)14(10-12)20(22,23)24/h2-10H,1H3,(H2,26,28,29,30). The van der Waals surface area contributed by atoms with Gasteiger partial charge in [0.05, 0.1) is 10.6 Å². The van der Waals surface area contributed by atoms with E-state index in [0.29, 0.717) is 28.2 Å². The Bertz CT molecular complexity index is 1230. The van der Waals surface area contributed by atoms with Crippen LogP contribution in [0, 0.1) is 0 Å². The van der Waals surface area contributed by atoms with Crippen LogP contribution in [0.3, 0.4) is 0 Å². The molecule has 0 atom stereocenters. The molecule has 0 aliphatic heterocycles. The predicted octanol–water partition coefficient (Wildman–Crippen LogP) is 6.19. The minimum atomic E-state index is -4.56. The molecular formula is C20H14ClF3N6OS. The van der Waals surface area contributed by atoms with E-state index in [-0.39, 0.29) is 16.7 Å². The maximum atomic E-state index is 13.0. The van der Waals surface area contributed by atoms with E-state index < -0.39 is 11.7 Å². The van der Waals surface area contributed by atoms with Gasteiger partial charge in [-0.1, -0.05) is 23.4 Å². The molecule has 164 valence electrons. The Kier molecular flexibility index (Phi) is 6.19. The van der Waals surface area contributed by atoms with Gasteiger partial charge in [0.15, 0.2) is 11.0 Å². The van der Waals surface area contributed by atoms with E-state index in [1.165, 1.54) is 23.9 Å². The molecule has 0 aliphatic carbocycles. The molecule has 2 aromatic carbocycles. The molecule has 7 nitrogen and oxygen atoms in total. The lowest BCUT2D eigenvalue weighted by atomic mass is 10.2. The number of ether oxygens (including phenoxy) is 1. The van der Waals surface area contributed by atoms with E-state index in [0.717, 1.165) is 6.07 Å². The van der Waals surface area contributed by atoms with E-state index in [2.05, 4.69) is 30.5 Å². The highest BCUT2D eigenvalue weighted by atomic mass is 35.5. The lowest BCUT2D eigenvalue weighted by Crippen LogP contribution is -2.06. The number of H-pyrrole nitrogens is 1. The van der Waals surface area contributed by atoms with Crippen molar-refractivity contribution in [3.8, 4) is 23.0 Å². The van der Waals surface area contributed by atoms with Gasteiger partial charge in [-0.3, -0.25) is 5.10 Å². The van der Waals surface area contributed by atoms with Crippen LogP contribution < -0.4 is 10.1 Å². The number of benzene rings is 2. The van der Waals surface area contributed by atoms with E-state index in [1.54, 1.807) is 36.5 Å². The molecule has 0 bridgehead atoms. The van der Waals surface area contributed by atoms with Crippen molar-refractivity contribution >= 4 is 35.0 Å². The van der Waals surface area contributed by atoms with Crippen LogP contribution >= 0.6 is 23.4 Å². The third kappa shape index (κ3) is 5.11. The minimum Gasteiger partial charge on any atom is -0.439 e. The summed E-state index contributed by atoms with van der Waals surface area (Å²) in [6, 6.07) is 12.1. The highest BCUT2D eigenvalue weighted by Gasteiger charge is 2.33. The molecule has 0 saturated heterocycles. The minimum absolute atomic E-state index is 0.112. The lowest BCUT2D eigenvalue weighted by molar-refractivity contribution is -0.137. The van der Waals surface area contributed by atoms with Crippen LogP contribution in [0.5, 0.6) is 11.6 Å². The number of nitrogens with zero attached hydrogens (tertiary/aromatic N) is 4. The second-order valence-electron chi connectivity index (χ2n) is 6.33. The molecule has 0 fully saturated rings. The number of rotatable bonds is 6. The second-order valence-corrected chi connectivity index (χ2v) is 7.51. The van der Waals surface area contributed by atoms with Crippen molar-refractivity contribution < 1.29 is 17.9 Å². The predicted molar refractivity (Wildman–Crippen MR) is 115 cm³/mol. The van der Waals surface area contributed by atoms with Gasteiger partial charge in [0.2, 0.25) is 11.8 Å². The first-order chi connectivity index (χ1) is 15.3. The van der Waals surface area contributed by atoms with Gasteiger partial charge in [0.1, 0.15) is 5.75 Å². The topological polar surface area (TPSA) is 88.6 Å². The van der Waals surface area contributed by atoms with Crippen LogP contribution in [-0.4, -0.2) is 31.4 Å². The van der Waals surface area contributed by atoms with E-state index in [9.17, 15) is 13.2 Å². The van der Waals surface area contributed by atoms with Gasteiger partial charge in [-0.05, 0) is 48.7 Å². The fourth-order valence-electron chi connectivity index (χ4n) is 2.68. The highest BCUT2D eigenvalue weighted by molar-refractivity contribution is 7.98. The smallest absolute Gasteiger partial charge is 0.417 e. The molecule has 32 heavy (non-hydrogen) atoms. The van der Waals surface area contributed by atoms with Crippen molar-refractivity contribution in [2.24, 2.45) is 0 Å². The molecule has 0 radical (unpaired) electrons. The van der Waals surface area contributed by atoms with Crippen molar-refractivity contribution in [1.29, 1.82) is 0 Å². The van der Waals surface area contributed by atoms with Crippen molar-refractivity contribution in [3.63, 3.8) is 0 Å². The Hall–Kier alpha value is -3.31. The number of alkyl halides is 3. The molecule has 0 saturated carbocycles. The van der Waals surface area contributed by atoms with Crippen LogP contribution in [0.4, 0.5) is 24.8 Å². The summed E-state index contributed by atoms with van der Waals surface area (Å²) in [4.78, 5) is 12.6. The Morgan fingerprint density at radius 3 is 2.56 bits per heavy atom. The summed E-state index contributed by atoms with van der Waals surface area (Å²) >= 11 is 7.05. The zero-order valence-electron chi connectivity index (χ0n) is 16.3. The van der Waals surface area contributed by atoms with Crippen LogP contribution in [0.2, 0.25) is 5.02 Å². The lowest BCUT2D eigenvalue weighted by Gasteiger charge is -2.10. The Morgan fingerprint density at radius 1 is 1.06 bits per heavy atom. The summed E-state index contributed by atoms with van der Waals surface area (Å²) in [5.74, 6) is 1.53. The van der Waals surface area contributed by atoms with Gasteiger partial charge in [-0.2, -0.15) is 23.1 Å². The van der Waals surface area contributed by atoms with Crippen LogP contribution in [-0.2, 0) is 6.18 Å². The Morgan fingerprint density at radius 2 is 1.84 bits per heavy atom. The number of halogens is 4. The van der Waals surface area contributed by atoms with Gasteiger partial charge in [0.25, 0.3) is 0 Å². The number of anilines is 2. The fraction of sp³-hybridized carbons (Fsp3) is 0.100. The third-order valence-corrected chi connectivity index (χ3v) is 5.05. The number of aromatic amines is 1. The first-order valence-electron chi connectivity index (χ1n) is 9.03. The summed E-state index contributed by atoms with van der Waals surface area (Å²) in [5, 5.41) is 9.70. The first-order valence-corrected chi connectivity index (χ1v) is 10.6. The van der Waals surface area contributed by atoms with Crippen LogP contribution in [0.25, 0.3) is 11.4 Å². The molecule has 0 amide bonds. The molecule has 0 aliphatic rings. The first kappa shape index (κ1) is 21.9. The summed E-state index contributed by atoms with van der Waals surface area (Å²) in [5.41, 5.74) is -0.0770.